The molecule has 1 unspecified atom stereocenters. The number of carbonyl (C=O) groups excluding carboxylic acids is 2. The van der Waals surface area contributed by atoms with E-state index in [-0.39, 0.29) is 23.6 Å². The summed E-state index contributed by atoms with van der Waals surface area (Å²) >= 11 is 0. The number of rotatable bonds is 4. The first-order valence-corrected chi connectivity index (χ1v) is 8.34. The molecule has 25 heavy (non-hydrogen) atoms. The molecular weight excluding hydrogens is 318 g/mol. The smallest absolute Gasteiger partial charge is 0.272 e. The summed E-state index contributed by atoms with van der Waals surface area (Å²) in [6, 6.07) is 12.8. The van der Waals surface area contributed by atoms with E-state index in [2.05, 4.69) is 10.3 Å². The van der Waals surface area contributed by atoms with Gasteiger partial charge in [-0.05, 0) is 24.6 Å². The minimum Gasteiger partial charge on any atom is -0.378 e. The quantitative estimate of drug-likeness (QED) is 0.925. The second kappa shape index (κ2) is 7.90. The second-order valence-corrected chi connectivity index (χ2v) is 5.94. The Kier molecular flexibility index (Phi) is 5.40. The lowest BCUT2D eigenvalue weighted by Gasteiger charge is -2.26. The largest absolute Gasteiger partial charge is 0.378 e. The summed E-state index contributed by atoms with van der Waals surface area (Å²) in [4.78, 5) is 30.8. The zero-order valence-corrected chi connectivity index (χ0v) is 14.1. The molecule has 1 aliphatic heterocycles. The molecule has 0 bridgehead atoms. The first-order chi connectivity index (χ1) is 12.1. The van der Waals surface area contributed by atoms with Crippen LogP contribution < -0.4 is 5.32 Å². The van der Waals surface area contributed by atoms with Crippen molar-refractivity contribution >= 4 is 11.8 Å². The molecule has 2 aromatic rings. The molecule has 0 aliphatic carbocycles. The van der Waals surface area contributed by atoms with Crippen LogP contribution in [0.15, 0.2) is 48.7 Å². The maximum absolute atomic E-state index is 12.5. The van der Waals surface area contributed by atoms with Crippen LogP contribution in [0.4, 0.5) is 0 Å². The van der Waals surface area contributed by atoms with Crippen LogP contribution in [0.1, 0.15) is 39.4 Å². The summed E-state index contributed by atoms with van der Waals surface area (Å²) in [7, 11) is 0. The third-order valence-electron chi connectivity index (χ3n) is 4.19. The fraction of sp³-hybridized carbons (Fsp3) is 0.316. The highest BCUT2D eigenvalue weighted by Crippen LogP contribution is 2.13. The molecule has 2 amide bonds. The molecule has 1 aromatic carbocycles. The summed E-state index contributed by atoms with van der Waals surface area (Å²) in [5.74, 6) is -0.399. The van der Waals surface area contributed by atoms with Crippen molar-refractivity contribution in [1.82, 2.24) is 15.2 Å². The highest BCUT2D eigenvalue weighted by Gasteiger charge is 2.21. The van der Waals surface area contributed by atoms with Gasteiger partial charge in [-0.15, -0.1) is 0 Å². The van der Waals surface area contributed by atoms with Gasteiger partial charge in [0.25, 0.3) is 11.8 Å². The predicted octanol–water partition coefficient (Wildman–Crippen LogP) is 2.04. The highest BCUT2D eigenvalue weighted by atomic mass is 16.5. The van der Waals surface area contributed by atoms with E-state index in [0.29, 0.717) is 31.9 Å². The van der Waals surface area contributed by atoms with Gasteiger partial charge in [0.15, 0.2) is 0 Å². The van der Waals surface area contributed by atoms with Gasteiger partial charge in [-0.2, -0.15) is 0 Å². The minimum absolute atomic E-state index is 0.125. The van der Waals surface area contributed by atoms with Crippen molar-refractivity contribution in [2.24, 2.45) is 0 Å². The molecular formula is C19H21N3O3. The Bertz CT molecular complexity index is 743. The highest BCUT2D eigenvalue weighted by molar-refractivity contribution is 5.98. The average Bonchev–Trinajstić information content (AvgIpc) is 2.68. The Balaban J connectivity index is 1.70. The Labute approximate surface area is 146 Å². The first-order valence-electron chi connectivity index (χ1n) is 8.34. The van der Waals surface area contributed by atoms with Gasteiger partial charge in [-0.1, -0.05) is 30.3 Å². The Morgan fingerprint density at radius 2 is 1.88 bits per heavy atom. The number of carbonyl (C=O) groups is 2. The van der Waals surface area contributed by atoms with Gasteiger partial charge in [0.1, 0.15) is 5.69 Å². The summed E-state index contributed by atoms with van der Waals surface area (Å²) in [6.45, 7) is 4.07. The number of ether oxygens (including phenoxy) is 1. The average molecular weight is 339 g/mol. The standard InChI is InChI=1S/C19H21N3O3/c1-14(15-5-3-2-4-6-15)21-18(23)16-7-8-20-17(13-16)19(24)22-9-11-25-12-10-22/h2-8,13-14H,9-12H2,1H3,(H,21,23). The third-order valence-corrected chi connectivity index (χ3v) is 4.19. The van der Waals surface area contributed by atoms with Crippen LogP contribution in [-0.2, 0) is 4.74 Å². The Hall–Kier alpha value is -2.73. The van der Waals surface area contributed by atoms with Crippen LogP contribution in [0.25, 0.3) is 0 Å². The van der Waals surface area contributed by atoms with Crippen molar-refractivity contribution < 1.29 is 14.3 Å². The number of hydrogen-bond acceptors (Lipinski definition) is 4. The first kappa shape index (κ1) is 17.1. The molecule has 0 radical (unpaired) electrons. The molecule has 3 rings (SSSR count). The van der Waals surface area contributed by atoms with E-state index in [9.17, 15) is 9.59 Å². The molecule has 130 valence electrons. The molecule has 1 saturated heterocycles. The van der Waals surface area contributed by atoms with Crippen molar-refractivity contribution in [2.45, 2.75) is 13.0 Å². The van der Waals surface area contributed by atoms with E-state index in [1.807, 2.05) is 37.3 Å². The molecule has 1 atom stereocenters. The molecule has 1 aliphatic rings. The number of pyridine rings is 1. The normalized spacial score (nSPS) is 15.5. The summed E-state index contributed by atoms with van der Waals surface area (Å²) in [6.07, 6.45) is 1.50. The van der Waals surface area contributed by atoms with Gasteiger partial charge in [-0.3, -0.25) is 14.6 Å². The monoisotopic (exact) mass is 339 g/mol. The fourth-order valence-corrected chi connectivity index (χ4v) is 2.72. The van der Waals surface area contributed by atoms with E-state index < -0.39 is 0 Å². The lowest BCUT2D eigenvalue weighted by atomic mass is 10.1. The van der Waals surface area contributed by atoms with Gasteiger partial charge in [0.2, 0.25) is 0 Å². The lowest BCUT2D eigenvalue weighted by Crippen LogP contribution is -2.41. The number of morpholine rings is 1. The van der Waals surface area contributed by atoms with Gasteiger partial charge in [0, 0.05) is 24.8 Å². The van der Waals surface area contributed by atoms with Gasteiger partial charge in [0.05, 0.1) is 19.3 Å². The van der Waals surface area contributed by atoms with Gasteiger partial charge >= 0.3 is 0 Å². The van der Waals surface area contributed by atoms with Crippen molar-refractivity contribution in [3.8, 4) is 0 Å². The second-order valence-electron chi connectivity index (χ2n) is 5.94. The van der Waals surface area contributed by atoms with Crippen molar-refractivity contribution in [3.05, 3.63) is 65.5 Å². The van der Waals surface area contributed by atoms with Crippen LogP contribution in [0, 0.1) is 0 Å². The van der Waals surface area contributed by atoms with E-state index in [1.54, 1.807) is 17.0 Å². The minimum atomic E-state index is -0.227. The zero-order chi connectivity index (χ0) is 17.6. The molecule has 6 heteroatoms. The van der Waals surface area contributed by atoms with E-state index >= 15 is 0 Å². The van der Waals surface area contributed by atoms with Crippen molar-refractivity contribution in [1.29, 1.82) is 0 Å². The molecule has 1 N–H and O–H groups in total. The number of aromatic nitrogens is 1. The van der Waals surface area contributed by atoms with Crippen LogP contribution in [0.3, 0.4) is 0 Å². The number of nitrogens with one attached hydrogen (secondary N) is 1. The van der Waals surface area contributed by atoms with Crippen LogP contribution in [-0.4, -0.2) is 48.0 Å². The molecule has 1 aromatic heterocycles. The van der Waals surface area contributed by atoms with Gasteiger partial charge in [-0.25, -0.2) is 0 Å². The number of benzene rings is 1. The van der Waals surface area contributed by atoms with Crippen molar-refractivity contribution in [3.63, 3.8) is 0 Å². The third kappa shape index (κ3) is 4.22. The van der Waals surface area contributed by atoms with Gasteiger partial charge < -0.3 is 15.0 Å². The van der Waals surface area contributed by atoms with E-state index in [1.165, 1.54) is 6.20 Å². The summed E-state index contributed by atoms with van der Waals surface area (Å²) in [5, 5.41) is 2.95. The summed E-state index contributed by atoms with van der Waals surface area (Å²) < 4.78 is 5.26. The van der Waals surface area contributed by atoms with Crippen LogP contribution in [0.2, 0.25) is 0 Å². The molecule has 2 heterocycles. The van der Waals surface area contributed by atoms with Crippen LogP contribution in [0.5, 0.6) is 0 Å². The molecule has 0 spiro atoms. The molecule has 6 nitrogen and oxygen atoms in total. The van der Waals surface area contributed by atoms with Crippen molar-refractivity contribution in [2.75, 3.05) is 26.3 Å². The van der Waals surface area contributed by atoms with E-state index in [4.69, 9.17) is 4.74 Å². The number of hydrogen-bond donors (Lipinski definition) is 1. The maximum Gasteiger partial charge on any atom is 0.272 e. The maximum atomic E-state index is 12.5. The van der Waals surface area contributed by atoms with Crippen LogP contribution >= 0.6 is 0 Å². The van der Waals surface area contributed by atoms with E-state index in [0.717, 1.165) is 5.56 Å². The SMILES string of the molecule is CC(NC(=O)c1ccnc(C(=O)N2CCOCC2)c1)c1ccccc1. The molecule has 1 fully saturated rings. The Morgan fingerprint density at radius 1 is 1.16 bits per heavy atom. The predicted molar refractivity (Wildman–Crippen MR) is 93.3 cm³/mol. The number of nitrogens with zero attached hydrogens (tertiary/aromatic N) is 2. The Morgan fingerprint density at radius 3 is 2.60 bits per heavy atom. The number of amides is 2. The summed E-state index contributed by atoms with van der Waals surface area (Å²) in [5.41, 5.74) is 1.73. The fourth-order valence-electron chi connectivity index (χ4n) is 2.72. The lowest BCUT2D eigenvalue weighted by molar-refractivity contribution is 0.0299. The molecule has 0 saturated carbocycles. The topological polar surface area (TPSA) is 71.5 Å². The zero-order valence-electron chi connectivity index (χ0n) is 14.1.